The SMILES string of the molecule is CCN1C(=O)C(=CC=C2N(CC)c3ccc(C(=O)OC)cc3N2CC)SC1=S. The zero-order valence-electron chi connectivity index (χ0n) is 16.4. The predicted octanol–water partition coefficient (Wildman–Crippen LogP) is 3.74. The Bertz CT molecular complexity index is 895. The Hall–Kier alpha value is -2.32. The topological polar surface area (TPSA) is 53.1 Å². The van der Waals surface area contributed by atoms with Crippen LogP contribution in [-0.2, 0) is 9.53 Å². The number of anilines is 2. The van der Waals surface area contributed by atoms with Crippen molar-refractivity contribution in [3.8, 4) is 0 Å². The molecule has 0 radical (unpaired) electrons. The van der Waals surface area contributed by atoms with Gasteiger partial charge in [-0.1, -0.05) is 24.0 Å². The van der Waals surface area contributed by atoms with Crippen molar-refractivity contribution in [1.82, 2.24) is 4.90 Å². The van der Waals surface area contributed by atoms with Crippen molar-refractivity contribution in [3.63, 3.8) is 0 Å². The number of carbonyl (C=O) groups excluding carboxylic acids is 2. The standard InChI is InChI=1S/C20H23N3O3S2/c1-5-21-14-9-8-13(19(25)26-4)12-15(14)22(6-2)17(21)11-10-16-18(24)23(7-3)20(27)28-16/h8-12H,5-7H2,1-4H3. The van der Waals surface area contributed by atoms with Gasteiger partial charge in [-0.15, -0.1) is 0 Å². The van der Waals surface area contributed by atoms with Crippen molar-refractivity contribution in [2.24, 2.45) is 0 Å². The van der Waals surface area contributed by atoms with Crippen molar-refractivity contribution < 1.29 is 14.3 Å². The van der Waals surface area contributed by atoms with Crippen LogP contribution in [0.1, 0.15) is 31.1 Å². The van der Waals surface area contributed by atoms with Crippen LogP contribution in [0.25, 0.3) is 0 Å². The number of amides is 1. The Kier molecular flexibility index (Phi) is 6.10. The number of likely N-dealkylation sites (N-methyl/N-ethyl adjacent to an activating group) is 1. The van der Waals surface area contributed by atoms with E-state index >= 15 is 0 Å². The molecule has 0 N–H and O–H groups in total. The molecule has 0 atom stereocenters. The fourth-order valence-electron chi connectivity index (χ4n) is 3.39. The second-order valence-electron chi connectivity index (χ2n) is 6.16. The van der Waals surface area contributed by atoms with Crippen LogP contribution in [0.2, 0.25) is 0 Å². The summed E-state index contributed by atoms with van der Waals surface area (Å²) in [6, 6.07) is 5.56. The van der Waals surface area contributed by atoms with Crippen LogP contribution in [0, 0.1) is 0 Å². The Morgan fingerprint density at radius 1 is 1.07 bits per heavy atom. The van der Waals surface area contributed by atoms with E-state index in [1.54, 1.807) is 11.0 Å². The van der Waals surface area contributed by atoms with E-state index in [1.165, 1.54) is 18.9 Å². The molecule has 2 aliphatic heterocycles. The number of nitrogens with zero attached hydrogens (tertiary/aromatic N) is 3. The number of methoxy groups -OCH3 is 1. The highest BCUT2D eigenvalue weighted by atomic mass is 32.2. The molecule has 0 saturated carbocycles. The second-order valence-corrected chi connectivity index (χ2v) is 7.83. The van der Waals surface area contributed by atoms with Gasteiger partial charge in [-0.3, -0.25) is 9.69 Å². The molecule has 0 aromatic heterocycles. The molecular formula is C20H23N3O3S2. The van der Waals surface area contributed by atoms with Crippen LogP contribution in [0.5, 0.6) is 0 Å². The summed E-state index contributed by atoms with van der Waals surface area (Å²) in [7, 11) is 1.38. The highest BCUT2D eigenvalue weighted by molar-refractivity contribution is 8.26. The van der Waals surface area contributed by atoms with Gasteiger partial charge < -0.3 is 14.5 Å². The molecule has 2 heterocycles. The summed E-state index contributed by atoms with van der Waals surface area (Å²) in [6.07, 6.45) is 3.79. The molecule has 2 aliphatic rings. The number of hydrogen-bond acceptors (Lipinski definition) is 7. The van der Waals surface area contributed by atoms with E-state index in [0.717, 1.165) is 30.3 Å². The van der Waals surface area contributed by atoms with E-state index in [0.29, 0.717) is 21.3 Å². The van der Waals surface area contributed by atoms with Gasteiger partial charge in [-0.2, -0.15) is 0 Å². The number of fused-ring (bicyclic) bond motifs is 1. The molecule has 1 aromatic carbocycles. The first kappa shape index (κ1) is 20.4. The molecule has 148 valence electrons. The van der Waals surface area contributed by atoms with Crippen LogP contribution in [-0.4, -0.2) is 47.8 Å². The van der Waals surface area contributed by atoms with Gasteiger partial charge in [0.15, 0.2) is 0 Å². The lowest BCUT2D eigenvalue weighted by atomic mass is 10.1. The molecule has 0 unspecified atom stereocenters. The Balaban J connectivity index is 2.00. The monoisotopic (exact) mass is 417 g/mol. The average Bonchev–Trinajstić information content (AvgIpc) is 3.16. The van der Waals surface area contributed by atoms with Crippen LogP contribution >= 0.6 is 24.0 Å². The van der Waals surface area contributed by atoms with Crippen molar-refractivity contribution in [2.75, 3.05) is 36.5 Å². The summed E-state index contributed by atoms with van der Waals surface area (Å²) in [5.74, 6) is 0.551. The van der Waals surface area contributed by atoms with E-state index in [1.807, 2.05) is 31.2 Å². The van der Waals surface area contributed by atoms with Gasteiger partial charge in [0.05, 0.1) is 29.0 Å². The molecular weight excluding hydrogens is 394 g/mol. The van der Waals surface area contributed by atoms with Gasteiger partial charge >= 0.3 is 5.97 Å². The first-order valence-corrected chi connectivity index (χ1v) is 10.4. The Morgan fingerprint density at radius 3 is 2.29 bits per heavy atom. The van der Waals surface area contributed by atoms with Gasteiger partial charge in [0.2, 0.25) is 0 Å². The van der Waals surface area contributed by atoms with Crippen molar-refractivity contribution >= 4 is 51.6 Å². The smallest absolute Gasteiger partial charge is 0.337 e. The molecule has 28 heavy (non-hydrogen) atoms. The fraction of sp³-hybridized carbons (Fsp3) is 0.350. The number of allylic oxidation sites excluding steroid dienone is 2. The maximum absolute atomic E-state index is 12.5. The van der Waals surface area contributed by atoms with Gasteiger partial charge in [-0.05, 0) is 51.1 Å². The Labute approximate surface area is 174 Å². The number of thioether (sulfide) groups is 1. The molecule has 0 spiro atoms. The molecule has 1 saturated heterocycles. The molecule has 1 fully saturated rings. The lowest BCUT2D eigenvalue weighted by molar-refractivity contribution is -0.122. The maximum Gasteiger partial charge on any atom is 0.337 e. The van der Waals surface area contributed by atoms with E-state index in [9.17, 15) is 9.59 Å². The number of hydrogen-bond donors (Lipinski definition) is 0. The Morgan fingerprint density at radius 2 is 1.71 bits per heavy atom. The summed E-state index contributed by atoms with van der Waals surface area (Å²) >= 11 is 6.61. The van der Waals surface area contributed by atoms with E-state index in [4.69, 9.17) is 17.0 Å². The number of benzene rings is 1. The normalized spacial score (nSPS) is 19.2. The molecule has 3 rings (SSSR count). The second kappa shape index (κ2) is 8.36. The van der Waals surface area contributed by atoms with Gasteiger partial charge in [0.25, 0.3) is 5.91 Å². The number of esters is 1. The molecule has 8 heteroatoms. The first-order chi connectivity index (χ1) is 13.5. The summed E-state index contributed by atoms with van der Waals surface area (Å²) in [5.41, 5.74) is 2.49. The number of carbonyl (C=O) groups is 2. The van der Waals surface area contributed by atoms with E-state index < -0.39 is 0 Å². The molecule has 0 bridgehead atoms. The third-order valence-electron chi connectivity index (χ3n) is 4.74. The van der Waals surface area contributed by atoms with Gasteiger partial charge in [0.1, 0.15) is 10.1 Å². The third-order valence-corrected chi connectivity index (χ3v) is 6.13. The van der Waals surface area contributed by atoms with E-state index in [2.05, 4.69) is 23.6 Å². The summed E-state index contributed by atoms with van der Waals surface area (Å²) in [5, 5.41) is 0. The highest BCUT2D eigenvalue weighted by Crippen LogP contribution is 2.42. The molecule has 6 nitrogen and oxygen atoms in total. The zero-order valence-corrected chi connectivity index (χ0v) is 18.0. The maximum atomic E-state index is 12.5. The van der Waals surface area contributed by atoms with Crippen molar-refractivity contribution in [3.05, 3.63) is 46.6 Å². The first-order valence-electron chi connectivity index (χ1n) is 9.19. The molecule has 1 aromatic rings. The van der Waals surface area contributed by atoms with Crippen LogP contribution < -0.4 is 9.80 Å². The van der Waals surface area contributed by atoms with E-state index in [-0.39, 0.29) is 11.9 Å². The minimum Gasteiger partial charge on any atom is -0.465 e. The lowest BCUT2D eigenvalue weighted by Crippen LogP contribution is -2.28. The summed E-state index contributed by atoms with van der Waals surface area (Å²) in [4.78, 5) is 30.9. The lowest BCUT2D eigenvalue weighted by Gasteiger charge is -2.23. The zero-order chi connectivity index (χ0) is 20.4. The summed E-state index contributed by atoms with van der Waals surface area (Å²) < 4.78 is 5.44. The van der Waals surface area contributed by atoms with Crippen LogP contribution in [0.4, 0.5) is 11.4 Å². The van der Waals surface area contributed by atoms with Gasteiger partial charge in [-0.25, -0.2) is 4.79 Å². The number of ether oxygens (including phenoxy) is 1. The molecule has 0 aliphatic carbocycles. The van der Waals surface area contributed by atoms with Crippen LogP contribution in [0.3, 0.4) is 0 Å². The minimum absolute atomic E-state index is 0.0519. The predicted molar refractivity (Wildman–Crippen MR) is 118 cm³/mol. The van der Waals surface area contributed by atoms with Crippen molar-refractivity contribution in [2.45, 2.75) is 20.8 Å². The average molecular weight is 418 g/mol. The quantitative estimate of drug-likeness (QED) is 0.411. The number of thiocarbonyl (C=S) groups is 1. The number of rotatable bonds is 5. The largest absolute Gasteiger partial charge is 0.465 e. The van der Waals surface area contributed by atoms with Crippen LogP contribution in [0.15, 0.2) is 41.1 Å². The minimum atomic E-state index is -0.359. The highest BCUT2D eigenvalue weighted by Gasteiger charge is 2.32. The van der Waals surface area contributed by atoms with Crippen molar-refractivity contribution in [1.29, 1.82) is 0 Å². The molecule has 1 amide bonds. The summed E-state index contributed by atoms with van der Waals surface area (Å²) in [6.45, 7) is 8.10. The fourth-order valence-corrected chi connectivity index (χ4v) is 4.71. The van der Waals surface area contributed by atoms with Gasteiger partial charge in [0, 0.05) is 19.6 Å². The third kappa shape index (κ3) is 3.42.